The number of hydrogen-bond acceptors (Lipinski definition) is 4. The monoisotopic (exact) mass is 219 g/mol. The van der Waals surface area contributed by atoms with Crippen molar-refractivity contribution in [1.29, 1.82) is 0 Å². The van der Waals surface area contributed by atoms with Gasteiger partial charge in [0.2, 0.25) is 0 Å². The Hall–Kier alpha value is -1.49. The maximum Gasteiger partial charge on any atom is 0.180 e. The molecule has 2 aromatic heterocycles. The standard InChI is InChI=1S/C11H17N5/c1-7(2)3-8(4-12)10-15-9-5-13-6-14-11(9)16-10/h5-8H,3-4,12H2,1-2H3,(H,13,14,15,16). The summed E-state index contributed by atoms with van der Waals surface area (Å²) < 4.78 is 0. The molecule has 86 valence electrons. The minimum atomic E-state index is 0.272. The number of nitrogens with zero attached hydrogens (tertiary/aromatic N) is 3. The van der Waals surface area contributed by atoms with Gasteiger partial charge < -0.3 is 10.7 Å². The molecule has 0 aliphatic carbocycles. The number of hydrogen-bond donors (Lipinski definition) is 2. The number of nitrogens with one attached hydrogen (secondary N) is 1. The van der Waals surface area contributed by atoms with Crippen LogP contribution in [-0.4, -0.2) is 26.5 Å². The van der Waals surface area contributed by atoms with Gasteiger partial charge in [0.25, 0.3) is 0 Å². The summed E-state index contributed by atoms with van der Waals surface area (Å²) in [6.07, 6.45) is 4.28. The zero-order valence-corrected chi connectivity index (χ0v) is 9.64. The van der Waals surface area contributed by atoms with Crippen LogP contribution in [0.25, 0.3) is 11.2 Å². The lowest BCUT2D eigenvalue weighted by Crippen LogP contribution is -2.15. The summed E-state index contributed by atoms with van der Waals surface area (Å²) in [5.74, 6) is 1.80. The Morgan fingerprint density at radius 1 is 1.44 bits per heavy atom. The molecule has 0 aliphatic heterocycles. The van der Waals surface area contributed by atoms with Gasteiger partial charge in [-0.1, -0.05) is 13.8 Å². The lowest BCUT2D eigenvalue weighted by Gasteiger charge is -2.13. The second-order valence-electron chi connectivity index (χ2n) is 4.44. The van der Waals surface area contributed by atoms with Crippen molar-refractivity contribution >= 4 is 11.2 Å². The van der Waals surface area contributed by atoms with Crippen LogP contribution in [0.5, 0.6) is 0 Å². The number of aromatic amines is 1. The van der Waals surface area contributed by atoms with E-state index in [1.54, 1.807) is 6.20 Å². The minimum Gasteiger partial charge on any atom is -0.339 e. The Bertz CT molecular complexity index is 429. The Kier molecular flexibility index (Phi) is 3.14. The zero-order valence-electron chi connectivity index (χ0n) is 9.64. The molecule has 0 bridgehead atoms. The third-order valence-corrected chi connectivity index (χ3v) is 2.61. The molecule has 0 fully saturated rings. The zero-order chi connectivity index (χ0) is 11.5. The number of nitrogens with two attached hydrogens (primary N) is 1. The number of aromatic nitrogens is 4. The first kappa shape index (κ1) is 11.0. The summed E-state index contributed by atoms with van der Waals surface area (Å²) in [4.78, 5) is 15.7. The van der Waals surface area contributed by atoms with E-state index in [9.17, 15) is 0 Å². The fraction of sp³-hybridized carbons (Fsp3) is 0.545. The van der Waals surface area contributed by atoms with Crippen LogP contribution < -0.4 is 5.73 Å². The number of imidazole rings is 1. The maximum atomic E-state index is 5.78. The van der Waals surface area contributed by atoms with E-state index in [0.29, 0.717) is 18.1 Å². The highest BCUT2D eigenvalue weighted by molar-refractivity contribution is 5.68. The molecule has 5 heteroatoms. The molecule has 0 spiro atoms. The molecular weight excluding hydrogens is 202 g/mol. The molecule has 0 amide bonds. The molecule has 0 aliphatic rings. The molecule has 16 heavy (non-hydrogen) atoms. The van der Waals surface area contributed by atoms with Crippen LogP contribution in [0.2, 0.25) is 0 Å². The molecule has 0 radical (unpaired) electrons. The molecular formula is C11H17N5. The number of rotatable bonds is 4. The van der Waals surface area contributed by atoms with Gasteiger partial charge in [-0.2, -0.15) is 0 Å². The van der Waals surface area contributed by atoms with Gasteiger partial charge in [0.15, 0.2) is 5.65 Å². The predicted molar refractivity (Wildman–Crippen MR) is 62.9 cm³/mol. The SMILES string of the molecule is CC(C)CC(CN)c1nc2ncncc2[nH]1. The molecule has 2 aromatic rings. The predicted octanol–water partition coefficient (Wildman–Crippen LogP) is 1.44. The van der Waals surface area contributed by atoms with Crippen LogP contribution in [0.3, 0.4) is 0 Å². The Labute approximate surface area is 94.5 Å². The molecule has 0 saturated heterocycles. The summed E-state index contributed by atoms with van der Waals surface area (Å²) in [5, 5.41) is 0. The van der Waals surface area contributed by atoms with Crippen LogP contribution in [-0.2, 0) is 0 Å². The van der Waals surface area contributed by atoms with Gasteiger partial charge in [0.1, 0.15) is 17.7 Å². The Balaban J connectivity index is 2.30. The van der Waals surface area contributed by atoms with E-state index in [1.165, 1.54) is 6.33 Å². The van der Waals surface area contributed by atoms with E-state index in [2.05, 4.69) is 33.8 Å². The summed E-state index contributed by atoms with van der Waals surface area (Å²) in [7, 11) is 0. The highest BCUT2D eigenvalue weighted by Crippen LogP contribution is 2.21. The second kappa shape index (κ2) is 4.57. The molecule has 5 nitrogen and oxygen atoms in total. The van der Waals surface area contributed by atoms with Crippen molar-refractivity contribution in [2.24, 2.45) is 11.7 Å². The first-order valence-electron chi connectivity index (χ1n) is 5.56. The van der Waals surface area contributed by atoms with E-state index < -0.39 is 0 Å². The van der Waals surface area contributed by atoms with Gasteiger partial charge in [0.05, 0.1) is 6.20 Å². The second-order valence-corrected chi connectivity index (χ2v) is 4.44. The summed E-state index contributed by atoms with van der Waals surface area (Å²) >= 11 is 0. The van der Waals surface area contributed by atoms with Crippen LogP contribution >= 0.6 is 0 Å². The van der Waals surface area contributed by atoms with Crippen molar-refractivity contribution < 1.29 is 0 Å². The number of fused-ring (bicyclic) bond motifs is 1. The molecule has 2 rings (SSSR count). The first-order chi connectivity index (χ1) is 7.70. The van der Waals surface area contributed by atoms with Gasteiger partial charge in [-0.25, -0.2) is 15.0 Å². The molecule has 2 heterocycles. The number of H-pyrrole nitrogens is 1. The highest BCUT2D eigenvalue weighted by Gasteiger charge is 2.16. The Morgan fingerprint density at radius 3 is 2.88 bits per heavy atom. The van der Waals surface area contributed by atoms with Crippen molar-refractivity contribution in [3.05, 3.63) is 18.3 Å². The fourth-order valence-corrected chi connectivity index (χ4v) is 1.86. The largest absolute Gasteiger partial charge is 0.339 e. The fourth-order valence-electron chi connectivity index (χ4n) is 1.86. The molecule has 3 N–H and O–H groups in total. The maximum absolute atomic E-state index is 5.78. The third-order valence-electron chi connectivity index (χ3n) is 2.61. The van der Waals surface area contributed by atoms with Crippen LogP contribution in [0, 0.1) is 5.92 Å². The van der Waals surface area contributed by atoms with Crippen LogP contribution in [0.15, 0.2) is 12.5 Å². The summed E-state index contributed by atoms with van der Waals surface area (Å²) in [6, 6.07) is 0. The first-order valence-corrected chi connectivity index (χ1v) is 5.56. The van der Waals surface area contributed by atoms with Crippen molar-refractivity contribution in [1.82, 2.24) is 19.9 Å². The van der Waals surface area contributed by atoms with E-state index in [1.807, 2.05) is 0 Å². The van der Waals surface area contributed by atoms with Gasteiger partial charge >= 0.3 is 0 Å². The van der Waals surface area contributed by atoms with Gasteiger partial charge in [-0.05, 0) is 12.3 Å². The quantitative estimate of drug-likeness (QED) is 0.815. The van der Waals surface area contributed by atoms with Crippen molar-refractivity contribution in [3.63, 3.8) is 0 Å². The lowest BCUT2D eigenvalue weighted by atomic mass is 9.97. The van der Waals surface area contributed by atoms with Crippen molar-refractivity contribution in [3.8, 4) is 0 Å². The van der Waals surface area contributed by atoms with E-state index in [4.69, 9.17) is 5.73 Å². The normalized spacial score (nSPS) is 13.5. The van der Waals surface area contributed by atoms with Gasteiger partial charge in [-0.3, -0.25) is 0 Å². The smallest absolute Gasteiger partial charge is 0.180 e. The molecule has 1 atom stereocenters. The average Bonchev–Trinajstić information content (AvgIpc) is 2.68. The van der Waals surface area contributed by atoms with Crippen molar-refractivity contribution in [2.75, 3.05) is 6.54 Å². The topological polar surface area (TPSA) is 80.5 Å². The van der Waals surface area contributed by atoms with E-state index in [0.717, 1.165) is 17.8 Å². The lowest BCUT2D eigenvalue weighted by molar-refractivity contribution is 0.491. The Morgan fingerprint density at radius 2 is 2.25 bits per heavy atom. The van der Waals surface area contributed by atoms with Crippen LogP contribution in [0.4, 0.5) is 0 Å². The molecule has 0 aromatic carbocycles. The summed E-state index contributed by atoms with van der Waals surface area (Å²) in [6.45, 7) is 4.97. The minimum absolute atomic E-state index is 0.272. The highest BCUT2D eigenvalue weighted by atomic mass is 15.0. The molecule has 1 unspecified atom stereocenters. The van der Waals surface area contributed by atoms with Crippen molar-refractivity contribution in [2.45, 2.75) is 26.2 Å². The third kappa shape index (κ3) is 2.19. The summed E-state index contributed by atoms with van der Waals surface area (Å²) in [5.41, 5.74) is 7.37. The van der Waals surface area contributed by atoms with E-state index in [-0.39, 0.29) is 5.92 Å². The van der Waals surface area contributed by atoms with Crippen LogP contribution in [0.1, 0.15) is 32.0 Å². The van der Waals surface area contributed by atoms with E-state index >= 15 is 0 Å². The molecule has 0 saturated carbocycles. The van der Waals surface area contributed by atoms with Gasteiger partial charge in [-0.15, -0.1) is 0 Å². The van der Waals surface area contributed by atoms with Gasteiger partial charge in [0, 0.05) is 12.5 Å². The average molecular weight is 219 g/mol.